The van der Waals surface area contributed by atoms with Crippen LogP contribution in [-0.4, -0.2) is 30.9 Å². The molecule has 3 aromatic rings. The van der Waals surface area contributed by atoms with Crippen LogP contribution in [0.15, 0.2) is 53.9 Å². The molecule has 7 nitrogen and oxygen atoms in total. The third-order valence-corrected chi connectivity index (χ3v) is 4.71. The Kier molecular flexibility index (Phi) is 5.29. The number of nitrogens with zero attached hydrogens (tertiary/aromatic N) is 5. The number of hydrogen-bond donors (Lipinski definition) is 1. The molecule has 26 heavy (non-hydrogen) atoms. The molecule has 0 spiro atoms. The van der Waals surface area contributed by atoms with Crippen LogP contribution in [0, 0.1) is 11.3 Å². The van der Waals surface area contributed by atoms with Crippen LogP contribution in [0.5, 0.6) is 0 Å². The van der Waals surface area contributed by atoms with E-state index in [-0.39, 0.29) is 5.91 Å². The average molecular weight is 364 g/mol. The number of benzene rings is 1. The average Bonchev–Trinajstić information content (AvgIpc) is 3.02. The van der Waals surface area contributed by atoms with Crippen molar-refractivity contribution in [2.24, 2.45) is 7.05 Å². The highest BCUT2D eigenvalue weighted by atomic mass is 32.2. The van der Waals surface area contributed by atoms with Crippen molar-refractivity contribution in [3.8, 4) is 17.3 Å². The maximum Gasteiger partial charge on any atom is 0.238 e. The van der Waals surface area contributed by atoms with Crippen LogP contribution < -0.4 is 5.32 Å². The fourth-order valence-electron chi connectivity index (χ4n) is 2.29. The van der Waals surface area contributed by atoms with Crippen molar-refractivity contribution in [3.63, 3.8) is 0 Å². The molecular weight excluding hydrogens is 348 g/mol. The highest BCUT2D eigenvalue weighted by Crippen LogP contribution is 2.26. The topological polar surface area (TPSA) is 96.5 Å². The molecule has 0 fully saturated rings. The zero-order valence-corrected chi connectivity index (χ0v) is 15.1. The first-order valence-electron chi connectivity index (χ1n) is 7.85. The van der Waals surface area contributed by atoms with E-state index in [2.05, 4.69) is 20.4 Å². The second-order valence-electron chi connectivity index (χ2n) is 5.50. The molecule has 3 rings (SSSR count). The fourth-order valence-corrected chi connectivity index (χ4v) is 3.11. The van der Waals surface area contributed by atoms with Gasteiger partial charge in [-0.15, -0.1) is 0 Å². The van der Waals surface area contributed by atoms with Gasteiger partial charge in [-0.3, -0.25) is 9.48 Å². The number of rotatable bonds is 5. The van der Waals surface area contributed by atoms with Crippen molar-refractivity contribution in [2.75, 3.05) is 5.32 Å². The molecule has 1 aromatic carbocycles. The van der Waals surface area contributed by atoms with Crippen LogP contribution in [0.1, 0.15) is 12.5 Å². The summed E-state index contributed by atoms with van der Waals surface area (Å²) in [5, 5.41) is 16.1. The summed E-state index contributed by atoms with van der Waals surface area (Å²) in [6, 6.07) is 13.6. The molecule has 0 saturated heterocycles. The van der Waals surface area contributed by atoms with Gasteiger partial charge in [-0.1, -0.05) is 42.1 Å². The number of carbonyl (C=O) groups is 1. The van der Waals surface area contributed by atoms with E-state index in [9.17, 15) is 4.79 Å². The molecule has 8 heteroatoms. The van der Waals surface area contributed by atoms with E-state index >= 15 is 0 Å². The van der Waals surface area contributed by atoms with Gasteiger partial charge in [0.2, 0.25) is 5.91 Å². The molecule has 0 aliphatic heterocycles. The Balaban J connectivity index is 1.72. The second-order valence-corrected chi connectivity index (χ2v) is 6.86. The van der Waals surface area contributed by atoms with Crippen LogP contribution >= 0.6 is 11.8 Å². The predicted molar refractivity (Wildman–Crippen MR) is 99.3 cm³/mol. The van der Waals surface area contributed by atoms with Gasteiger partial charge in [0.1, 0.15) is 28.8 Å². The minimum Gasteiger partial charge on any atom is -0.309 e. The largest absolute Gasteiger partial charge is 0.309 e. The Morgan fingerprint density at radius 1 is 1.31 bits per heavy atom. The first-order chi connectivity index (χ1) is 12.6. The van der Waals surface area contributed by atoms with Gasteiger partial charge in [-0.05, 0) is 13.0 Å². The van der Waals surface area contributed by atoms with E-state index in [0.29, 0.717) is 16.4 Å². The first kappa shape index (κ1) is 17.6. The lowest BCUT2D eigenvalue weighted by atomic mass is 10.1. The zero-order valence-electron chi connectivity index (χ0n) is 14.2. The summed E-state index contributed by atoms with van der Waals surface area (Å²) in [7, 11) is 1.67. The minimum atomic E-state index is -0.407. The fraction of sp³-hybridized carbons (Fsp3) is 0.167. The summed E-state index contributed by atoms with van der Waals surface area (Å²) in [6.45, 7) is 1.78. The molecule has 2 aromatic heterocycles. The first-order valence-corrected chi connectivity index (χ1v) is 8.73. The molecule has 1 amide bonds. The molecule has 0 saturated carbocycles. The van der Waals surface area contributed by atoms with Gasteiger partial charge in [0, 0.05) is 12.6 Å². The zero-order chi connectivity index (χ0) is 18.5. The lowest BCUT2D eigenvalue weighted by Gasteiger charge is -2.12. The number of aryl methyl sites for hydroxylation is 1. The van der Waals surface area contributed by atoms with Crippen LogP contribution in [0.3, 0.4) is 0 Å². The van der Waals surface area contributed by atoms with Gasteiger partial charge >= 0.3 is 0 Å². The Hall–Kier alpha value is -3.18. The molecule has 0 aliphatic carbocycles. The van der Waals surface area contributed by atoms with E-state index in [0.717, 1.165) is 11.3 Å². The molecule has 1 unspecified atom stereocenters. The predicted octanol–water partition coefficient (Wildman–Crippen LogP) is 2.87. The van der Waals surface area contributed by atoms with Gasteiger partial charge in [0.15, 0.2) is 0 Å². The van der Waals surface area contributed by atoms with Gasteiger partial charge in [0.25, 0.3) is 0 Å². The quantitative estimate of drug-likeness (QED) is 0.552. The van der Waals surface area contributed by atoms with Gasteiger partial charge in [-0.25, -0.2) is 9.97 Å². The van der Waals surface area contributed by atoms with E-state index in [1.54, 1.807) is 14.0 Å². The van der Waals surface area contributed by atoms with Crippen molar-refractivity contribution >= 4 is 23.5 Å². The molecule has 1 atom stereocenters. The minimum absolute atomic E-state index is 0.227. The van der Waals surface area contributed by atoms with Crippen molar-refractivity contribution in [1.82, 2.24) is 19.7 Å². The summed E-state index contributed by atoms with van der Waals surface area (Å²) in [5.41, 5.74) is 2.11. The number of nitrogens with one attached hydrogen (secondary N) is 1. The summed E-state index contributed by atoms with van der Waals surface area (Å²) in [4.78, 5) is 21.0. The van der Waals surface area contributed by atoms with Crippen LogP contribution in [0.2, 0.25) is 0 Å². The van der Waals surface area contributed by atoms with E-state index in [1.165, 1.54) is 29.0 Å². The van der Waals surface area contributed by atoms with Crippen molar-refractivity contribution < 1.29 is 4.79 Å². The normalized spacial score (nSPS) is 11.6. The second kappa shape index (κ2) is 7.80. The van der Waals surface area contributed by atoms with E-state index in [4.69, 9.17) is 5.26 Å². The number of nitriles is 1. The Labute approximate surface area is 155 Å². The standard InChI is InChI=1S/C18H16N6OS/c1-12(18(25)23-17-14(9-19)10-22-24(17)2)26-16-8-15(20-11-21-16)13-6-4-3-5-7-13/h3-8,10-12H,1-2H3,(H,23,25). The maximum atomic E-state index is 12.5. The van der Waals surface area contributed by atoms with Gasteiger partial charge in [0.05, 0.1) is 17.1 Å². The molecular formula is C18H16N6OS. The maximum absolute atomic E-state index is 12.5. The van der Waals surface area contributed by atoms with Crippen LogP contribution in [0.25, 0.3) is 11.3 Å². The van der Waals surface area contributed by atoms with E-state index < -0.39 is 5.25 Å². The highest BCUT2D eigenvalue weighted by molar-refractivity contribution is 8.00. The molecule has 0 bridgehead atoms. The SMILES string of the molecule is CC(Sc1cc(-c2ccccc2)ncn1)C(=O)Nc1c(C#N)cnn1C. The number of anilines is 1. The van der Waals surface area contributed by atoms with E-state index in [1.807, 2.05) is 42.5 Å². The highest BCUT2D eigenvalue weighted by Gasteiger charge is 2.19. The van der Waals surface area contributed by atoms with Crippen molar-refractivity contribution in [1.29, 1.82) is 5.26 Å². The monoisotopic (exact) mass is 364 g/mol. The number of amides is 1. The summed E-state index contributed by atoms with van der Waals surface area (Å²) in [6.07, 6.45) is 2.91. The number of aromatic nitrogens is 4. The van der Waals surface area contributed by atoms with Crippen LogP contribution in [-0.2, 0) is 11.8 Å². The van der Waals surface area contributed by atoms with Gasteiger partial charge < -0.3 is 5.32 Å². The van der Waals surface area contributed by atoms with Crippen molar-refractivity contribution in [3.05, 3.63) is 54.5 Å². The molecule has 0 radical (unpaired) electrons. The summed E-state index contributed by atoms with van der Waals surface area (Å²) in [5.74, 6) is 0.160. The smallest absolute Gasteiger partial charge is 0.238 e. The number of thioether (sulfide) groups is 1. The Bertz CT molecular complexity index is 963. The molecule has 1 N–H and O–H groups in total. The molecule has 2 heterocycles. The van der Waals surface area contributed by atoms with Crippen molar-refractivity contribution in [2.45, 2.75) is 17.2 Å². The Morgan fingerprint density at radius 3 is 2.81 bits per heavy atom. The lowest BCUT2D eigenvalue weighted by molar-refractivity contribution is -0.115. The van der Waals surface area contributed by atoms with Gasteiger partial charge in [-0.2, -0.15) is 10.4 Å². The molecule has 130 valence electrons. The number of carbonyl (C=O) groups excluding carboxylic acids is 1. The van der Waals surface area contributed by atoms with Crippen LogP contribution in [0.4, 0.5) is 5.82 Å². The summed E-state index contributed by atoms with van der Waals surface area (Å²) < 4.78 is 1.46. The number of hydrogen-bond acceptors (Lipinski definition) is 6. The third kappa shape index (κ3) is 3.90. The Morgan fingerprint density at radius 2 is 2.08 bits per heavy atom. The lowest BCUT2D eigenvalue weighted by Crippen LogP contribution is -2.24. The third-order valence-electron chi connectivity index (χ3n) is 3.68. The summed E-state index contributed by atoms with van der Waals surface area (Å²) >= 11 is 1.33. The molecule has 0 aliphatic rings.